The predicted octanol–water partition coefficient (Wildman–Crippen LogP) is 2.79. The molecule has 160 valence electrons. The van der Waals surface area contributed by atoms with Gasteiger partial charge in [-0.2, -0.15) is 0 Å². The highest BCUT2D eigenvalue weighted by Gasteiger charge is 2.35. The van der Waals surface area contributed by atoms with Gasteiger partial charge in [0.2, 0.25) is 0 Å². The van der Waals surface area contributed by atoms with Crippen LogP contribution in [-0.4, -0.2) is 23.8 Å². The molecule has 0 aliphatic carbocycles. The minimum absolute atomic E-state index is 0.221. The number of fused-ring (bicyclic) bond motifs is 1. The van der Waals surface area contributed by atoms with Crippen molar-refractivity contribution in [2.75, 3.05) is 13.2 Å². The number of benzene rings is 1. The maximum absolute atomic E-state index is 13.5. The first-order valence-corrected chi connectivity index (χ1v) is 10.8. The number of thiazole rings is 1. The van der Waals surface area contributed by atoms with Crippen LogP contribution in [0.4, 0.5) is 0 Å². The molecule has 0 N–H and O–H groups in total. The smallest absolute Gasteiger partial charge is 0.338 e. The van der Waals surface area contributed by atoms with Crippen molar-refractivity contribution >= 4 is 23.4 Å². The molecule has 7 nitrogen and oxygen atoms in total. The fourth-order valence-corrected chi connectivity index (χ4v) is 4.61. The number of furan rings is 1. The van der Waals surface area contributed by atoms with E-state index in [1.807, 2.05) is 31.2 Å². The summed E-state index contributed by atoms with van der Waals surface area (Å²) in [6, 6.07) is 10.2. The van der Waals surface area contributed by atoms with Crippen LogP contribution >= 0.6 is 11.3 Å². The second kappa shape index (κ2) is 8.77. The number of carbonyl (C=O) groups excluding carboxylic acids is 1. The van der Waals surface area contributed by atoms with E-state index in [1.54, 1.807) is 38.3 Å². The summed E-state index contributed by atoms with van der Waals surface area (Å²) < 4.78 is 18.5. The largest absolute Gasteiger partial charge is 0.494 e. The van der Waals surface area contributed by atoms with Crippen LogP contribution in [0.25, 0.3) is 6.08 Å². The van der Waals surface area contributed by atoms with Crippen LogP contribution in [0.15, 0.2) is 68.1 Å². The van der Waals surface area contributed by atoms with Gasteiger partial charge in [0.15, 0.2) is 4.80 Å². The van der Waals surface area contributed by atoms with Gasteiger partial charge in [-0.15, -0.1) is 0 Å². The highest BCUT2D eigenvalue weighted by Crippen LogP contribution is 2.35. The number of hydrogen-bond acceptors (Lipinski definition) is 7. The number of allylic oxidation sites excluding steroid dienone is 1. The van der Waals surface area contributed by atoms with Gasteiger partial charge in [-0.05, 0) is 39.0 Å². The molecule has 0 amide bonds. The SMILES string of the molecule is CCOC(=O)C1=C(C)N=c2s/c(=C\c3ccco3)c(=O)n2[C@H]1c1ccccc1OCC. The van der Waals surface area contributed by atoms with E-state index in [9.17, 15) is 9.59 Å². The lowest BCUT2D eigenvalue weighted by Crippen LogP contribution is -2.40. The molecule has 1 aliphatic heterocycles. The quantitative estimate of drug-likeness (QED) is 0.553. The van der Waals surface area contributed by atoms with Crippen molar-refractivity contribution in [2.24, 2.45) is 4.99 Å². The van der Waals surface area contributed by atoms with Crippen molar-refractivity contribution < 1.29 is 18.7 Å². The standard InChI is InChI=1S/C23H22N2O5S/c1-4-28-17-11-7-6-10-16(17)20-19(22(27)29-5-2)14(3)24-23-25(20)21(26)18(31-23)13-15-9-8-12-30-15/h6-13,20H,4-5H2,1-3H3/b18-13-/t20-/m0/s1. The van der Waals surface area contributed by atoms with E-state index in [4.69, 9.17) is 13.9 Å². The third kappa shape index (κ3) is 3.86. The first-order chi connectivity index (χ1) is 15.0. The van der Waals surface area contributed by atoms with Crippen molar-refractivity contribution in [3.8, 4) is 5.75 Å². The number of nitrogens with zero attached hydrogens (tertiary/aromatic N) is 2. The van der Waals surface area contributed by atoms with E-state index < -0.39 is 12.0 Å². The van der Waals surface area contributed by atoms with E-state index in [0.29, 0.717) is 44.3 Å². The molecule has 0 saturated carbocycles. The van der Waals surface area contributed by atoms with Gasteiger partial charge >= 0.3 is 5.97 Å². The number of aromatic nitrogens is 1. The predicted molar refractivity (Wildman–Crippen MR) is 117 cm³/mol. The summed E-state index contributed by atoms with van der Waals surface area (Å²) in [5, 5.41) is 0. The number of hydrogen-bond donors (Lipinski definition) is 0. The van der Waals surface area contributed by atoms with E-state index in [0.717, 1.165) is 0 Å². The maximum atomic E-state index is 13.5. The lowest BCUT2D eigenvalue weighted by molar-refractivity contribution is -0.139. The molecule has 3 heterocycles. The molecule has 0 unspecified atom stereocenters. The Labute approximate surface area is 182 Å². The molecule has 1 aliphatic rings. The van der Waals surface area contributed by atoms with Crippen LogP contribution in [0.5, 0.6) is 5.75 Å². The number of para-hydroxylation sites is 1. The second-order valence-corrected chi connectivity index (χ2v) is 7.80. The van der Waals surface area contributed by atoms with Crippen LogP contribution in [0.3, 0.4) is 0 Å². The molecule has 0 bridgehead atoms. The number of esters is 1. The summed E-state index contributed by atoms with van der Waals surface area (Å²) in [6.45, 7) is 6.06. The van der Waals surface area contributed by atoms with Crippen molar-refractivity contribution in [2.45, 2.75) is 26.8 Å². The Bertz CT molecular complexity index is 1310. The van der Waals surface area contributed by atoms with Gasteiger partial charge in [0.05, 0.1) is 35.3 Å². The normalized spacial score (nSPS) is 16.1. The Balaban J connectivity index is 2.00. The van der Waals surface area contributed by atoms with Crippen molar-refractivity contribution in [3.63, 3.8) is 0 Å². The zero-order valence-corrected chi connectivity index (χ0v) is 18.3. The summed E-state index contributed by atoms with van der Waals surface area (Å²) in [5.74, 6) is 0.672. The monoisotopic (exact) mass is 438 g/mol. The Morgan fingerprint density at radius 3 is 2.74 bits per heavy atom. The molecule has 0 fully saturated rings. The fourth-order valence-electron chi connectivity index (χ4n) is 3.58. The van der Waals surface area contributed by atoms with Gasteiger partial charge in [-0.3, -0.25) is 9.36 Å². The Morgan fingerprint density at radius 2 is 2.03 bits per heavy atom. The zero-order chi connectivity index (χ0) is 22.0. The van der Waals surface area contributed by atoms with E-state index in [2.05, 4.69) is 4.99 Å². The summed E-state index contributed by atoms with van der Waals surface area (Å²) in [7, 11) is 0. The molecule has 8 heteroatoms. The number of rotatable bonds is 6. The van der Waals surface area contributed by atoms with Gasteiger partial charge in [-0.25, -0.2) is 9.79 Å². The third-order valence-corrected chi connectivity index (χ3v) is 5.83. The summed E-state index contributed by atoms with van der Waals surface area (Å²) in [4.78, 5) is 31.4. The van der Waals surface area contributed by atoms with Crippen LogP contribution in [-0.2, 0) is 9.53 Å². The Hall–Kier alpha value is -3.39. The van der Waals surface area contributed by atoms with Crippen molar-refractivity contribution in [1.82, 2.24) is 4.57 Å². The molecular weight excluding hydrogens is 416 g/mol. The van der Waals surface area contributed by atoms with Crippen LogP contribution in [0.1, 0.15) is 38.1 Å². The minimum atomic E-state index is -0.711. The summed E-state index contributed by atoms with van der Waals surface area (Å²) >= 11 is 1.25. The average Bonchev–Trinajstić information content (AvgIpc) is 3.36. The summed E-state index contributed by atoms with van der Waals surface area (Å²) in [5.41, 5.74) is 1.28. The molecule has 3 aromatic rings. The molecular formula is C23H22N2O5S. The zero-order valence-electron chi connectivity index (χ0n) is 17.5. The topological polar surface area (TPSA) is 83.0 Å². The van der Waals surface area contributed by atoms with Gasteiger partial charge in [0, 0.05) is 11.6 Å². The molecule has 0 saturated heterocycles. The van der Waals surface area contributed by atoms with Crippen molar-refractivity contribution in [1.29, 1.82) is 0 Å². The lowest BCUT2D eigenvalue weighted by Gasteiger charge is -2.26. The van der Waals surface area contributed by atoms with E-state index in [-0.39, 0.29) is 12.2 Å². The molecule has 1 aromatic carbocycles. The van der Waals surface area contributed by atoms with Gasteiger partial charge in [0.25, 0.3) is 5.56 Å². The first kappa shape index (κ1) is 20.9. The maximum Gasteiger partial charge on any atom is 0.338 e. The van der Waals surface area contributed by atoms with E-state index >= 15 is 0 Å². The lowest BCUT2D eigenvalue weighted by atomic mass is 9.95. The summed E-state index contributed by atoms with van der Waals surface area (Å²) in [6.07, 6.45) is 3.23. The number of carbonyl (C=O) groups is 1. The molecule has 4 rings (SSSR count). The van der Waals surface area contributed by atoms with Gasteiger partial charge in [-0.1, -0.05) is 29.5 Å². The second-order valence-electron chi connectivity index (χ2n) is 6.79. The van der Waals surface area contributed by atoms with Crippen LogP contribution in [0, 0.1) is 0 Å². The Morgan fingerprint density at radius 1 is 1.23 bits per heavy atom. The fraction of sp³-hybridized carbons (Fsp3) is 0.261. The molecule has 0 spiro atoms. The highest BCUT2D eigenvalue weighted by atomic mass is 32.1. The molecule has 0 radical (unpaired) electrons. The molecule has 2 aromatic heterocycles. The van der Waals surface area contributed by atoms with Crippen molar-refractivity contribution in [3.05, 3.63) is 84.9 Å². The first-order valence-electron chi connectivity index (χ1n) is 10.00. The molecule has 1 atom stereocenters. The van der Waals surface area contributed by atoms with Gasteiger partial charge < -0.3 is 13.9 Å². The highest BCUT2D eigenvalue weighted by molar-refractivity contribution is 7.07. The van der Waals surface area contributed by atoms with Crippen LogP contribution in [0.2, 0.25) is 0 Å². The van der Waals surface area contributed by atoms with Gasteiger partial charge in [0.1, 0.15) is 17.6 Å². The Kier molecular flexibility index (Phi) is 5.90. The van der Waals surface area contributed by atoms with Crippen LogP contribution < -0.4 is 19.6 Å². The van der Waals surface area contributed by atoms with E-state index in [1.165, 1.54) is 15.9 Å². The average molecular weight is 439 g/mol. The minimum Gasteiger partial charge on any atom is -0.494 e. The molecule has 31 heavy (non-hydrogen) atoms. The number of ether oxygens (including phenoxy) is 2. The third-order valence-electron chi connectivity index (χ3n) is 4.85.